The largest absolute Gasteiger partial charge is 0.478 e. The van der Waals surface area contributed by atoms with Crippen molar-refractivity contribution in [3.05, 3.63) is 58.0 Å². The van der Waals surface area contributed by atoms with Gasteiger partial charge in [0.05, 0.1) is 6.54 Å². The van der Waals surface area contributed by atoms with Gasteiger partial charge in [-0.05, 0) is 48.2 Å². The Morgan fingerprint density at radius 3 is 2.90 bits per heavy atom. The number of hydrogen-bond acceptors (Lipinski definition) is 3. The molecule has 0 aliphatic carbocycles. The molecule has 2 rings (SSSR count). The summed E-state index contributed by atoms with van der Waals surface area (Å²) in [5.41, 5.74) is 1.70. The summed E-state index contributed by atoms with van der Waals surface area (Å²) in [6, 6.07) is 8.37. The fourth-order valence-corrected chi connectivity index (χ4v) is 2.90. The van der Waals surface area contributed by atoms with Crippen LogP contribution in [0.3, 0.4) is 0 Å². The van der Waals surface area contributed by atoms with Crippen molar-refractivity contribution < 1.29 is 14.3 Å². The Labute approximate surface area is 127 Å². The third kappa shape index (κ3) is 4.16. The Bertz CT molecular complexity index is 651. The van der Waals surface area contributed by atoms with Crippen molar-refractivity contribution in [3.63, 3.8) is 0 Å². The van der Waals surface area contributed by atoms with E-state index in [-0.39, 0.29) is 5.82 Å². The van der Waals surface area contributed by atoms with Crippen LogP contribution in [0.15, 0.2) is 41.8 Å². The van der Waals surface area contributed by atoms with Gasteiger partial charge in [0.2, 0.25) is 0 Å². The molecule has 2 aromatic rings. The molecule has 0 fully saturated rings. The molecule has 0 spiro atoms. The second-order valence-electron chi connectivity index (χ2n) is 4.46. The summed E-state index contributed by atoms with van der Waals surface area (Å²) in [6.07, 6.45) is 2.72. The third-order valence-electron chi connectivity index (χ3n) is 3.07. The summed E-state index contributed by atoms with van der Waals surface area (Å²) in [4.78, 5) is 13.7. The average molecular weight is 305 g/mol. The van der Waals surface area contributed by atoms with Gasteiger partial charge in [0.15, 0.2) is 0 Å². The Kier molecular flexibility index (Phi) is 5.11. The van der Waals surface area contributed by atoms with Crippen LogP contribution in [0.5, 0.6) is 0 Å². The van der Waals surface area contributed by atoms with Crippen LogP contribution in [0.2, 0.25) is 0 Å². The normalized spacial score (nSPS) is 11.0. The molecule has 5 heteroatoms. The quantitative estimate of drug-likeness (QED) is 0.820. The van der Waals surface area contributed by atoms with Crippen molar-refractivity contribution in [1.82, 2.24) is 0 Å². The number of anilines is 1. The molecule has 0 aliphatic heterocycles. The number of carboxylic acid groups (broad SMARTS) is 1. The lowest BCUT2D eigenvalue weighted by atomic mass is 10.2. The summed E-state index contributed by atoms with van der Waals surface area (Å²) < 4.78 is 13.3. The van der Waals surface area contributed by atoms with Gasteiger partial charge in [-0.2, -0.15) is 0 Å². The van der Waals surface area contributed by atoms with Gasteiger partial charge in [-0.15, -0.1) is 11.3 Å². The lowest BCUT2D eigenvalue weighted by Gasteiger charge is -2.23. The Hall–Kier alpha value is -2.14. The Morgan fingerprint density at radius 2 is 2.24 bits per heavy atom. The van der Waals surface area contributed by atoms with Crippen LogP contribution in [0, 0.1) is 5.82 Å². The molecule has 0 bridgehead atoms. The van der Waals surface area contributed by atoms with Gasteiger partial charge in [-0.3, -0.25) is 0 Å². The van der Waals surface area contributed by atoms with Crippen LogP contribution < -0.4 is 4.90 Å². The molecule has 0 atom stereocenters. The molecular formula is C16H16FNO2S. The zero-order valence-corrected chi connectivity index (χ0v) is 12.4. The summed E-state index contributed by atoms with van der Waals surface area (Å²) in [5, 5.41) is 10.6. The highest BCUT2D eigenvalue weighted by molar-refractivity contribution is 7.10. The number of hydrogen-bond donors (Lipinski definition) is 1. The topological polar surface area (TPSA) is 40.5 Å². The number of carboxylic acids is 1. The molecular weight excluding hydrogens is 289 g/mol. The maximum atomic E-state index is 13.3. The van der Waals surface area contributed by atoms with Crippen LogP contribution >= 0.6 is 11.3 Å². The van der Waals surface area contributed by atoms with Crippen molar-refractivity contribution in [2.45, 2.75) is 13.5 Å². The molecule has 1 aromatic carbocycles. The summed E-state index contributed by atoms with van der Waals surface area (Å²) in [6.45, 7) is 3.37. The minimum absolute atomic E-state index is 0.261. The van der Waals surface area contributed by atoms with E-state index in [0.29, 0.717) is 6.54 Å². The molecule has 0 saturated heterocycles. The van der Waals surface area contributed by atoms with Gasteiger partial charge in [0.1, 0.15) is 5.82 Å². The fraction of sp³-hybridized carbons (Fsp3) is 0.188. The lowest BCUT2D eigenvalue weighted by molar-refractivity contribution is -0.131. The Balaban J connectivity index is 2.20. The van der Waals surface area contributed by atoms with Crippen molar-refractivity contribution >= 4 is 29.1 Å². The van der Waals surface area contributed by atoms with Gasteiger partial charge in [-0.1, -0.05) is 6.07 Å². The van der Waals surface area contributed by atoms with Crippen LogP contribution in [0.4, 0.5) is 10.1 Å². The van der Waals surface area contributed by atoms with E-state index in [2.05, 4.69) is 0 Å². The molecule has 0 saturated carbocycles. The monoisotopic (exact) mass is 305 g/mol. The van der Waals surface area contributed by atoms with Gasteiger partial charge < -0.3 is 10.0 Å². The predicted molar refractivity (Wildman–Crippen MR) is 84.1 cm³/mol. The van der Waals surface area contributed by atoms with Gasteiger partial charge in [0, 0.05) is 23.2 Å². The minimum atomic E-state index is -0.968. The number of halogens is 1. The van der Waals surface area contributed by atoms with Gasteiger partial charge in [-0.25, -0.2) is 9.18 Å². The van der Waals surface area contributed by atoms with E-state index < -0.39 is 5.97 Å². The number of aliphatic carboxylic acids is 1. The molecule has 0 aliphatic rings. The lowest BCUT2D eigenvalue weighted by Crippen LogP contribution is -2.21. The number of nitrogens with zero attached hydrogens (tertiary/aromatic N) is 1. The van der Waals surface area contributed by atoms with Crippen LogP contribution in [0.25, 0.3) is 6.08 Å². The second kappa shape index (κ2) is 7.04. The van der Waals surface area contributed by atoms with E-state index in [1.54, 1.807) is 23.5 Å². The number of thiophene rings is 1. The van der Waals surface area contributed by atoms with Crippen molar-refractivity contribution in [1.29, 1.82) is 0 Å². The summed E-state index contributed by atoms with van der Waals surface area (Å²) in [7, 11) is 0. The highest BCUT2D eigenvalue weighted by Gasteiger charge is 2.10. The minimum Gasteiger partial charge on any atom is -0.478 e. The summed E-state index contributed by atoms with van der Waals surface area (Å²) in [5.74, 6) is -1.23. The standard InChI is InChI=1S/C16H16FNO2S/c1-2-18(14-5-3-4-13(17)10-14)11-15-12(8-9-21-15)6-7-16(19)20/h3-10H,2,11H2,1H3,(H,19,20). The zero-order valence-electron chi connectivity index (χ0n) is 11.6. The Morgan fingerprint density at radius 1 is 1.43 bits per heavy atom. The fourth-order valence-electron chi connectivity index (χ4n) is 2.02. The van der Waals surface area contributed by atoms with E-state index in [9.17, 15) is 9.18 Å². The van der Waals surface area contributed by atoms with E-state index in [1.807, 2.05) is 29.3 Å². The second-order valence-corrected chi connectivity index (χ2v) is 5.47. The first kappa shape index (κ1) is 15.3. The van der Waals surface area contributed by atoms with E-state index in [4.69, 9.17) is 5.11 Å². The van der Waals surface area contributed by atoms with Crippen molar-refractivity contribution in [3.8, 4) is 0 Å². The first-order valence-corrected chi connectivity index (χ1v) is 7.46. The average Bonchev–Trinajstić information content (AvgIpc) is 2.89. The SMILES string of the molecule is CCN(Cc1sccc1C=CC(=O)O)c1cccc(F)c1. The van der Waals surface area contributed by atoms with E-state index >= 15 is 0 Å². The van der Waals surface area contributed by atoms with Crippen molar-refractivity contribution in [2.24, 2.45) is 0 Å². The van der Waals surface area contributed by atoms with Crippen LogP contribution in [0.1, 0.15) is 17.4 Å². The maximum absolute atomic E-state index is 13.3. The van der Waals surface area contributed by atoms with E-state index in [1.165, 1.54) is 12.1 Å². The molecule has 1 heterocycles. The molecule has 110 valence electrons. The van der Waals surface area contributed by atoms with Crippen LogP contribution in [-0.4, -0.2) is 17.6 Å². The van der Waals surface area contributed by atoms with Crippen molar-refractivity contribution in [2.75, 3.05) is 11.4 Å². The third-order valence-corrected chi connectivity index (χ3v) is 4.00. The molecule has 1 aromatic heterocycles. The van der Waals surface area contributed by atoms with E-state index in [0.717, 1.165) is 28.7 Å². The molecule has 0 unspecified atom stereocenters. The predicted octanol–water partition coefficient (Wildman–Crippen LogP) is 4.01. The number of benzene rings is 1. The number of carbonyl (C=O) groups is 1. The molecule has 3 nitrogen and oxygen atoms in total. The smallest absolute Gasteiger partial charge is 0.328 e. The highest BCUT2D eigenvalue weighted by Crippen LogP contribution is 2.24. The number of rotatable bonds is 6. The molecule has 0 amide bonds. The first-order chi connectivity index (χ1) is 10.1. The molecule has 21 heavy (non-hydrogen) atoms. The zero-order chi connectivity index (χ0) is 15.2. The van der Waals surface area contributed by atoms with Crippen LogP contribution in [-0.2, 0) is 11.3 Å². The maximum Gasteiger partial charge on any atom is 0.328 e. The molecule has 0 radical (unpaired) electrons. The first-order valence-electron chi connectivity index (χ1n) is 6.58. The summed E-state index contributed by atoms with van der Waals surface area (Å²) >= 11 is 1.56. The van der Waals surface area contributed by atoms with Gasteiger partial charge >= 0.3 is 5.97 Å². The van der Waals surface area contributed by atoms with Gasteiger partial charge in [0.25, 0.3) is 0 Å². The molecule has 1 N–H and O–H groups in total. The highest BCUT2D eigenvalue weighted by atomic mass is 32.1.